The monoisotopic (exact) mass is 286 g/mol. The van der Waals surface area contributed by atoms with Crippen LogP contribution in [0.3, 0.4) is 0 Å². The van der Waals surface area contributed by atoms with Crippen molar-refractivity contribution < 1.29 is 5.11 Å². The van der Waals surface area contributed by atoms with Crippen molar-refractivity contribution in [3.63, 3.8) is 0 Å². The van der Waals surface area contributed by atoms with Crippen LogP contribution in [0.4, 0.5) is 0 Å². The van der Waals surface area contributed by atoms with Crippen molar-refractivity contribution in [2.45, 2.75) is 38.5 Å². The number of aromatic nitrogens is 2. The first-order valence-corrected chi connectivity index (χ1v) is 6.39. The molecule has 1 heterocycles. The fraction of sp³-hybridized carbons (Fsp3) is 0.636. The predicted molar refractivity (Wildman–Crippen MR) is 64.6 cm³/mol. The molecule has 4 nitrogen and oxygen atoms in total. The molecule has 0 aliphatic heterocycles. The van der Waals surface area contributed by atoms with Crippen LogP contribution in [-0.2, 0) is 0 Å². The Morgan fingerprint density at radius 2 is 2.31 bits per heavy atom. The summed E-state index contributed by atoms with van der Waals surface area (Å²) < 4.78 is 0.112. The van der Waals surface area contributed by atoms with Crippen LogP contribution < -0.4 is 5.56 Å². The van der Waals surface area contributed by atoms with Crippen molar-refractivity contribution in [2.75, 3.05) is 0 Å². The molecule has 5 heteroatoms. The lowest BCUT2D eigenvalue weighted by Crippen LogP contribution is -2.14. The zero-order valence-electron chi connectivity index (χ0n) is 9.16. The van der Waals surface area contributed by atoms with Crippen LogP contribution in [0, 0.1) is 5.92 Å². The summed E-state index contributed by atoms with van der Waals surface area (Å²) in [5.74, 6) is 1.43. The van der Waals surface area contributed by atoms with Crippen LogP contribution in [0.15, 0.2) is 9.27 Å². The molecule has 0 saturated heterocycles. The second-order valence-corrected chi connectivity index (χ2v) is 5.17. The number of nitrogens with one attached hydrogen (secondary N) is 1. The smallest absolute Gasteiger partial charge is 0.269 e. The zero-order valence-corrected chi connectivity index (χ0v) is 10.7. The van der Waals surface area contributed by atoms with E-state index in [0.717, 1.165) is 18.8 Å². The van der Waals surface area contributed by atoms with E-state index in [0.29, 0.717) is 5.82 Å². The van der Waals surface area contributed by atoms with Crippen molar-refractivity contribution in [1.82, 2.24) is 9.97 Å². The van der Waals surface area contributed by atoms with Gasteiger partial charge in [-0.1, -0.05) is 13.3 Å². The molecule has 0 amide bonds. The molecule has 1 saturated carbocycles. The van der Waals surface area contributed by atoms with Gasteiger partial charge in [-0.2, -0.15) is 4.98 Å². The van der Waals surface area contributed by atoms with Crippen molar-refractivity contribution in [3.8, 4) is 5.88 Å². The van der Waals surface area contributed by atoms with Gasteiger partial charge in [-0.25, -0.2) is 0 Å². The molecular formula is C11H15BrN2O2. The van der Waals surface area contributed by atoms with Gasteiger partial charge in [-0.3, -0.25) is 4.79 Å². The third-order valence-electron chi connectivity index (χ3n) is 3.37. The first kappa shape index (κ1) is 11.6. The summed E-state index contributed by atoms with van der Waals surface area (Å²) in [6.45, 7) is 2.18. The Labute approximate surface area is 102 Å². The summed E-state index contributed by atoms with van der Waals surface area (Å²) in [4.78, 5) is 18.2. The average molecular weight is 287 g/mol. The molecule has 1 aromatic rings. The second kappa shape index (κ2) is 4.57. The van der Waals surface area contributed by atoms with E-state index in [4.69, 9.17) is 0 Å². The lowest BCUT2D eigenvalue weighted by Gasteiger charge is -2.09. The Hall–Kier alpha value is -0.840. The van der Waals surface area contributed by atoms with Crippen LogP contribution in [0.2, 0.25) is 0 Å². The summed E-state index contributed by atoms with van der Waals surface area (Å²) in [6.07, 6.45) is 4.45. The number of rotatable bonds is 2. The van der Waals surface area contributed by atoms with E-state index >= 15 is 0 Å². The molecule has 1 aliphatic rings. The van der Waals surface area contributed by atoms with Crippen LogP contribution in [-0.4, -0.2) is 15.1 Å². The Morgan fingerprint density at radius 3 is 2.88 bits per heavy atom. The number of aromatic hydroxyl groups is 1. The molecule has 1 aliphatic carbocycles. The average Bonchev–Trinajstić information content (AvgIpc) is 2.73. The minimum absolute atomic E-state index is 0.112. The minimum atomic E-state index is -0.303. The molecule has 0 spiro atoms. The van der Waals surface area contributed by atoms with Crippen molar-refractivity contribution in [3.05, 3.63) is 20.7 Å². The normalized spacial score (nSPS) is 24.9. The Morgan fingerprint density at radius 1 is 1.56 bits per heavy atom. The van der Waals surface area contributed by atoms with Crippen molar-refractivity contribution >= 4 is 15.9 Å². The predicted octanol–water partition coefficient (Wildman–Crippen LogP) is 2.53. The van der Waals surface area contributed by atoms with Gasteiger partial charge in [-0.15, -0.1) is 0 Å². The van der Waals surface area contributed by atoms with Gasteiger partial charge in [0.15, 0.2) is 0 Å². The molecule has 2 N–H and O–H groups in total. The molecule has 2 unspecified atom stereocenters. The van der Waals surface area contributed by atoms with Gasteiger partial charge in [0.1, 0.15) is 10.3 Å². The summed E-state index contributed by atoms with van der Waals surface area (Å²) in [5.41, 5.74) is -0.303. The molecular weight excluding hydrogens is 272 g/mol. The van der Waals surface area contributed by atoms with E-state index in [1.54, 1.807) is 0 Å². The van der Waals surface area contributed by atoms with E-state index in [9.17, 15) is 9.90 Å². The lowest BCUT2D eigenvalue weighted by atomic mass is 10.0. The number of nitrogens with zero attached hydrogens (tertiary/aromatic N) is 1. The summed E-state index contributed by atoms with van der Waals surface area (Å²) in [7, 11) is 0. The largest absolute Gasteiger partial charge is 0.492 e. The van der Waals surface area contributed by atoms with E-state index in [-0.39, 0.29) is 21.8 Å². The first-order chi connectivity index (χ1) is 7.61. The molecule has 1 aromatic heterocycles. The summed E-state index contributed by atoms with van der Waals surface area (Å²) in [5, 5.41) is 9.49. The van der Waals surface area contributed by atoms with Crippen molar-refractivity contribution in [2.24, 2.45) is 5.92 Å². The van der Waals surface area contributed by atoms with Gasteiger partial charge < -0.3 is 10.1 Å². The highest BCUT2D eigenvalue weighted by Gasteiger charge is 2.27. The minimum Gasteiger partial charge on any atom is -0.492 e. The zero-order chi connectivity index (χ0) is 11.7. The Kier molecular flexibility index (Phi) is 3.33. The maximum Gasteiger partial charge on any atom is 0.269 e. The van der Waals surface area contributed by atoms with Crippen LogP contribution in [0.5, 0.6) is 5.88 Å². The molecule has 1 fully saturated rings. The fourth-order valence-electron chi connectivity index (χ4n) is 2.35. The van der Waals surface area contributed by atoms with Crippen LogP contribution in [0.1, 0.15) is 44.3 Å². The summed E-state index contributed by atoms with van der Waals surface area (Å²) >= 11 is 2.99. The fourth-order valence-corrected chi connectivity index (χ4v) is 2.54. The molecule has 88 valence electrons. The number of H-pyrrole nitrogens is 1. The molecule has 0 radical (unpaired) electrons. The highest BCUT2D eigenvalue weighted by molar-refractivity contribution is 9.10. The number of hydrogen-bond donors (Lipinski definition) is 2. The van der Waals surface area contributed by atoms with E-state index in [2.05, 4.69) is 32.8 Å². The molecule has 0 aromatic carbocycles. The van der Waals surface area contributed by atoms with E-state index in [1.807, 2.05) is 0 Å². The number of halogens is 1. The standard InChI is InChI=1S/C11H15BrN2O2/c1-2-6-3-4-7(5-6)9-13-10(15)8(12)11(16)14-9/h6-7H,2-5H2,1H3,(H2,13,14,15,16). The third kappa shape index (κ3) is 2.14. The number of hydrogen-bond acceptors (Lipinski definition) is 3. The maximum atomic E-state index is 11.5. The molecule has 16 heavy (non-hydrogen) atoms. The van der Waals surface area contributed by atoms with Gasteiger partial charge in [0.05, 0.1) is 0 Å². The van der Waals surface area contributed by atoms with E-state index < -0.39 is 0 Å². The van der Waals surface area contributed by atoms with Crippen molar-refractivity contribution in [1.29, 1.82) is 0 Å². The van der Waals surface area contributed by atoms with Gasteiger partial charge in [0.2, 0.25) is 5.88 Å². The van der Waals surface area contributed by atoms with Gasteiger partial charge in [0, 0.05) is 5.92 Å². The topological polar surface area (TPSA) is 66.0 Å². The molecule has 2 rings (SSSR count). The van der Waals surface area contributed by atoms with Crippen LogP contribution >= 0.6 is 15.9 Å². The Bertz CT molecular complexity index is 444. The first-order valence-electron chi connectivity index (χ1n) is 5.60. The van der Waals surface area contributed by atoms with Gasteiger partial charge in [0.25, 0.3) is 5.56 Å². The highest BCUT2D eigenvalue weighted by Crippen LogP contribution is 2.38. The number of aromatic amines is 1. The second-order valence-electron chi connectivity index (χ2n) is 4.37. The van der Waals surface area contributed by atoms with Crippen LogP contribution in [0.25, 0.3) is 0 Å². The highest BCUT2D eigenvalue weighted by atomic mass is 79.9. The third-order valence-corrected chi connectivity index (χ3v) is 4.08. The maximum absolute atomic E-state index is 11.5. The SMILES string of the molecule is CCC1CCC(c2nc(O)c(Br)c(=O)[nH]2)C1. The lowest BCUT2D eigenvalue weighted by molar-refractivity contribution is 0.438. The molecule has 2 atom stereocenters. The Balaban J connectivity index is 2.26. The van der Waals surface area contributed by atoms with Gasteiger partial charge in [-0.05, 0) is 41.1 Å². The van der Waals surface area contributed by atoms with E-state index in [1.165, 1.54) is 12.8 Å². The quantitative estimate of drug-likeness (QED) is 0.878. The summed E-state index contributed by atoms with van der Waals surface area (Å²) in [6, 6.07) is 0. The van der Waals surface area contributed by atoms with Gasteiger partial charge >= 0.3 is 0 Å². The molecule has 0 bridgehead atoms.